The van der Waals surface area contributed by atoms with Crippen molar-refractivity contribution in [2.75, 3.05) is 25.7 Å². The summed E-state index contributed by atoms with van der Waals surface area (Å²) in [6, 6.07) is 13.7. The number of unbranched alkanes of at least 4 members (excludes halogenated alkanes) is 11. The first kappa shape index (κ1) is 38.1. The SMILES string of the molecule is CCCCCCCCCCCCCCC(C(=O)NCCS(N)(=O)=O)(c1nc2ccc(-c3cccc(COC)c3)cc2s1)S(C)(=O)=O. The van der Waals surface area contributed by atoms with Crippen molar-refractivity contribution in [3.63, 3.8) is 0 Å². The Hall–Kier alpha value is -2.38. The second kappa shape index (κ2) is 18.2. The van der Waals surface area contributed by atoms with Crippen LogP contribution in [0.5, 0.6) is 0 Å². The van der Waals surface area contributed by atoms with E-state index in [9.17, 15) is 21.6 Å². The highest BCUT2D eigenvalue weighted by Gasteiger charge is 2.51. The highest BCUT2D eigenvalue weighted by Crippen LogP contribution is 2.41. The van der Waals surface area contributed by atoms with E-state index in [-0.39, 0.29) is 18.0 Å². The number of carbonyl (C=O) groups excluding carboxylic acids is 1. The number of nitrogens with zero attached hydrogens (tertiary/aromatic N) is 1. The number of nitrogens with two attached hydrogens (primary N) is 1. The summed E-state index contributed by atoms with van der Waals surface area (Å²) in [5, 5.41) is 7.88. The summed E-state index contributed by atoms with van der Waals surface area (Å²) in [5.74, 6) is -1.27. The molecule has 0 aliphatic rings. The maximum absolute atomic E-state index is 13.8. The molecule has 1 aromatic heterocycles. The fourth-order valence-corrected chi connectivity index (χ4v) is 9.15. The number of primary sulfonamides is 1. The number of thiazole rings is 1. The summed E-state index contributed by atoms with van der Waals surface area (Å²) in [4.78, 5) is 18.5. The first-order valence-corrected chi connectivity index (χ1v) is 20.8. The van der Waals surface area contributed by atoms with Crippen molar-refractivity contribution in [3.05, 3.63) is 53.0 Å². The van der Waals surface area contributed by atoms with E-state index in [1.165, 1.54) is 56.3 Å². The molecule has 0 fully saturated rings. The monoisotopic (exact) mass is 693 g/mol. The molecule has 3 rings (SSSR count). The lowest BCUT2D eigenvalue weighted by atomic mass is 9.98. The molecule has 0 saturated heterocycles. The average Bonchev–Trinajstić information content (AvgIpc) is 3.42. The predicted octanol–water partition coefficient (Wildman–Crippen LogP) is 6.85. The number of amides is 1. The van der Waals surface area contributed by atoms with Crippen molar-refractivity contribution < 1.29 is 26.4 Å². The van der Waals surface area contributed by atoms with Gasteiger partial charge in [-0.1, -0.05) is 108 Å². The largest absolute Gasteiger partial charge is 0.380 e. The van der Waals surface area contributed by atoms with Crippen molar-refractivity contribution in [1.29, 1.82) is 0 Å². The number of rotatable bonds is 22. The molecule has 9 nitrogen and oxygen atoms in total. The van der Waals surface area contributed by atoms with Crippen LogP contribution in [0, 0.1) is 0 Å². The molecule has 2 aromatic carbocycles. The first-order chi connectivity index (χ1) is 21.9. The third-order valence-electron chi connectivity index (χ3n) is 8.36. The molecule has 46 heavy (non-hydrogen) atoms. The Balaban J connectivity index is 1.81. The van der Waals surface area contributed by atoms with Crippen LogP contribution >= 0.6 is 11.3 Å². The zero-order valence-electron chi connectivity index (χ0n) is 27.6. The number of sulfonamides is 1. The van der Waals surface area contributed by atoms with Gasteiger partial charge in [0.2, 0.25) is 20.7 Å². The number of methoxy groups -OCH3 is 1. The van der Waals surface area contributed by atoms with Gasteiger partial charge in [0.1, 0.15) is 5.01 Å². The molecule has 1 amide bonds. The molecule has 1 heterocycles. The fourth-order valence-electron chi connectivity index (χ4n) is 5.78. The quantitative estimate of drug-likeness (QED) is 0.110. The molecule has 1 unspecified atom stereocenters. The normalized spacial score (nSPS) is 13.6. The van der Waals surface area contributed by atoms with Crippen LogP contribution in [0.2, 0.25) is 0 Å². The second-order valence-corrected chi connectivity index (χ2v) is 17.2. The molecule has 256 valence electrons. The van der Waals surface area contributed by atoms with E-state index in [0.717, 1.165) is 53.3 Å². The number of benzene rings is 2. The third-order valence-corrected chi connectivity index (χ3v) is 12.3. The highest BCUT2D eigenvalue weighted by molar-refractivity contribution is 7.92. The van der Waals surface area contributed by atoms with E-state index in [1.807, 2.05) is 42.5 Å². The smallest absolute Gasteiger partial charge is 0.248 e. The predicted molar refractivity (Wildman–Crippen MR) is 189 cm³/mol. The van der Waals surface area contributed by atoms with Gasteiger partial charge in [-0.2, -0.15) is 0 Å². The van der Waals surface area contributed by atoms with Gasteiger partial charge in [-0.25, -0.2) is 27.0 Å². The van der Waals surface area contributed by atoms with E-state index in [2.05, 4.69) is 12.2 Å². The zero-order valence-corrected chi connectivity index (χ0v) is 30.0. The maximum Gasteiger partial charge on any atom is 0.248 e. The number of sulfone groups is 1. The summed E-state index contributed by atoms with van der Waals surface area (Å²) >= 11 is 1.19. The van der Waals surface area contributed by atoms with E-state index >= 15 is 0 Å². The molecule has 0 spiro atoms. The van der Waals surface area contributed by atoms with E-state index in [1.54, 1.807) is 7.11 Å². The number of hydrogen-bond donors (Lipinski definition) is 2. The van der Waals surface area contributed by atoms with Gasteiger partial charge in [0.05, 0.1) is 22.6 Å². The lowest BCUT2D eigenvalue weighted by Gasteiger charge is -2.29. The van der Waals surface area contributed by atoms with Gasteiger partial charge in [-0.05, 0) is 41.3 Å². The van der Waals surface area contributed by atoms with Gasteiger partial charge in [-0.15, -0.1) is 11.3 Å². The lowest BCUT2D eigenvalue weighted by molar-refractivity contribution is -0.124. The number of hydrogen-bond acceptors (Lipinski definition) is 8. The van der Waals surface area contributed by atoms with Gasteiger partial charge in [-0.3, -0.25) is 4.79 Å². The van der Waals surface area contributed by atoms with Crippen molar-refractivity contribution in [2.45, 2.75) is 102 Å². The average molecular weight is 694 g/mol. The van der Waals surface area contributed by atoms with Gasteiger partial charge in [0.25, 0.3) is 0 Å². The number of aromatic nitrogens is 1. The van der Waals surface area contributed by atoms with Crippen LogP contribution < -0.4 is 10.5 Å². The number of ether oxygens (including phenoxy) is 1. The van der Waals surface area contributed by atoms with Crippen LogP contribution in [-0.4, -0.2) is 53.4 Å². The van der Waals surface area contributed by atoms with Crippen LogP contribution in [-0.2, 0) is 40.7 Å². The zero-order chi connectivity index (χ0) is 33.6. The third kappa shape index (κ3) is 11.1. The Morgan fingerprint density at radius 2 is 1.50 bits per heavy atom. The van der Waals surface area contributed by atoms with Crippen LogP contribution in [0.25, 0.3) is 21.3 Å². The lowest BCUT2D eigenvalue weighted by Crippen LogP contribution is -2.50. The molecule has 1 atom stereocenters. The Bertz CT molecular complexity index is 1620. The number of nitrogens with one attached hydrogen (secondary N) is 1. The fraction of sp³-hybridized carbons (Fsp3) is 0.588. The minimum atomic E-state index is -4.04. The Labute approximate surface area is 279 Å². The minimum absolute atomic E-state index is 0.0518. The van der Waals surface area contributed by atoms with Gasteiger partial charge >= 0.3 is 0 Å². The van der Waals surface area contributed by atoms with Crippen LogP contribution in [0.4, 0.5) is 0 Å². The molecule has 3 aromatic rings. The molecule has 0 aliphatic carbocycles. The van der Waals surface area contributed by atoms with E-state index in [0.29, 0.717) is 18.5 Å². The topological polar surface area (TPSA) is 146 Å². The molecule has 3 N–H and O–H groups in total. The molecule has 0 saturated carbocycles. The van der Waals surface area contributed by atoms with Crippen molar-refractivity contribution in [3.8, 4) is 11.1 Å². The molecule has 0 aliphatic heterocycles. The summed E-state index contributed by atoms with van der Waals surface area (Å²) in [7, 11) is -6.24. The van der Waals surface area contributed by atoms with Crippen LogP contribution in [0.15, 0.2) is 42.5 Å². The molecular weight excluding hydrogens is 643 g/mol. The minimum Gasteiger partial charge on any atom is -0.380 e. The number of fused-ring (bicyclic) bond motifs is 1. The summed E-state index contributed by atoms with van der Waals surface area (Å²) in [5.41, 5.74) is 3.54. The van der Waals surface area contributed by atoms with E-state index in [4.69, 9.17) is 14.9 Å². The highest BCUT2D eigenvalue weighted by atomic mass is 32.2. The maximum atomic E-state index is 13.8. The molecule has 0 radical (unpaired) electrons. The van der Waals surface area contributed by atoms with Gasteiger partial charge < -0.3 is 10.1 Å². The summed E-state index contributed by atoms with van der Waals surface area (Å²) in [6.45, 7) is 2.41. The Morgan fingerprint density at radius 1 is 0.891 bits per heavy atom. The van der Waals surface area contributed by atoms with Crippen LogP contribution in [0.1, 0.15) is 101 Å². The van der Waals surface area contributed by atoms with Crippen molar-refractivity contribution in [1.82, 2.24) is 10.3 Å². The van der Waals surface area contributed by atoms with E-state index < -0.39 is 36.3 Å². The first-order valence-electron chi connectivity index (χ1n) is 16.4. The molecule has 12 heteroatoms. The summed E-state index contributed by atoms with van der Waals surface area (Å²) in [6.07, 6.45) is 14.5. The van der Waals surface area contributed by atoms with Crippen molar-refractivity contribution >= 4 is 47.3 Å². The second-order valence-electron chi connectivity index (χ2n) is 12.2. The van der Waals surface area contributed by atoms with Gasteiger partial charge in [0.15, 0.2) is 9.84 Å². The summed E-state index contributed by atoms with van der Waals surface area (Å²) < 4.78 is 54.4. The van der Waals surface area contributed by atoms with Crippen molar-refractivity contribution in [2.24, 2.45) is 5.14 Å². The molecular formula is C34H51N3O6S3. The molecule has 0 bridgehead atoms. The Morgan fingerprint density at radius 3 is 2.09 bits per heavy atom. The van der Waals surface area contributed by atoms with Crippen LogP contribution in [0.3, 0.4) is 0 Å². The number of carbonyl (C=O) groups is 1. The standard InChI is InChI=1S/C34H51N3O6S3/c1-4-5-6-7-8-9-10-11-12-13-14-15-21-34(45(3,39)40,32(38)36-22-23-46(35,41)42)33-37-30-20-19-29(25-31(30)44-33)28-18-16-17-27(24-28)26-43-2/h16-20,24-25H,4-15,21-23,26H2,1-3H3,(H,36,38)(H2,35,41,42). The Kier molecular flexibility index (Phi) is 15.1. The van der Waals surface area contributed by atoms with Gasteiger partial charge in [0, 0.05) is 19.9 Å².